The Kier molecular flexibility index (Phi) is 8.75. The summed E-state index contributed by atoms with van der Waals surface area (Å²) in [6, 6.07) is 9.45. The van der Waals surface area contributed by atoms with Crippen molar-refractivity contribution in [1.82, 2.24) is 9.80 Å². The van der Waals surface area contributed by atoms with E-state index in [9.17, 15) is 22.4 Å². The number of benzene rings is 2. The number of hydrogen-bond acceptors (Lipinski definition) is 2. The van der Waals surface area contributed by atoms with Gasteiger partial charge >= 0.3 is 6.18 Å². The highest BCUT2D eigenvalue weighted by molar-refractivity contribution is 6.36. The summed E-state index contributed by atoms with van der Waals surface area (Å²) in [6.07, 6.45) is -4.53. The lowest BCUT2D eigenvalue weighted by Gasteiger charge is -2.38. The highest BCUT2D eigenvalue weighted by Gasteiger charge is 2.36. The molecule has 0 saturated carbocycles. The van der Waals surface area contributed by atoms with Crippen LogP contribution in [0.25, 0.3) is 5.70 Å². The maximum absolute atomic E-state index is 13.5. The minimum Gasteiger partial charge on any atom is -0.367 e. The standard InChI is InChI=1S/C21H18Cl2F4N2O.C2H4/c1-13(21(25,26)27)19(14-2-5-16(24)6-3-14)28-8-10-29(11-9-28)20(30)17-7-4-15(22)12-18(17)23;1-2/h2-7,12H,8-11H2,1H3;1-2H2/b19-13+;. The average Bonchev–Trinajstić information content (AvgIpc) is 2.76. The van der Waals surface area contributed by atoms with Crippen LogP contribution in [0.4, 0.5) is 17.6 Å². The molecule has 32 heavy (non-hydrogen) atoms. The molecule has 3 rings (SSSR count). The summed E-state index contributed by atoms with van der Waals surface area (Å²) in [5.74, 6) is -0.839. The number of nitrogens with zero attached hydrogens (tertiary/aromatic N) is 2. The van der Waals surface area contributed by atoms with Crippen molar-refractivity contribution in [2.45, 2.75) is 13.1 Å². The summed E-state index contributed by atoms with van der Waals surface area (Å²) < 4.78 is 53.7. The number of amides is 1. The molecule has 0 aromatic heterocycles. The molecule has 1 fully saturated rings. The predicted molar refractivity (Wildman–Crippen MR) is 120 cm³/mol. The number of piperazine rings is 1. The molecule has 2 aromatic rings. The Hall–Kier alpha value is -2.51. The summed E-state index contributed by atoms with van der Waals surface area (Å²) in [5.41, 5.74) is -0.226. The minimum atomic E-state index is -4.53. The molecule has 0 unspecified atom stereocenters. The topological polar surface area (TPSA) is 23.6 Å². The van der Waals surface area contributed by atoms with Gasteiger partial charge in [-0.25, -0.2) is 4.39 Å². The summed E-state index contributed by atoms with van der Waals surface area (Å²) in [7, 11) is 0. The SMILES string of the molecule is C/C(=C(/c1ccc(F)cc1)N1CCN(C(=O)c2ccc(Cl)cc2Cl)CC1)C(F)(F)F.C=C. The van der Waals surface area contributed by atoms with Crippen LogP contribution in [-0.2, 0) is 0 Å². The molecule has 2 aromatic carbocycles. The van der Waals surface area contributed by atoms with E-state index in [0.717, 1.165) is 19.1 Å². The van der Waals surface area contributed by atoms with Crippen molar-refractivity contribution in [3.63, 3.8) is 0 Å². The van der Waals surface area contributed by atoms with E-state index in [-0.39, 0.29) is 53.9 Å². The number of carbonyl (C=O) groups excluding carboxylic acids is 1. The van der Waals surface area contributed by atoms with E-state index < -0.39 is 17.6 Å². The van der Waals surface area contributed by atoms with E-state index >= 15 is 0 Å². The van der Waals surface area contributed by atoms with Crippen LogP contribution >= 0.6 is 23.2 Å². The second-order valence-corrected chi connectivity index (χ2v) is 7.73. The van der Waals surface area contributed by atoms with E-state index in [1.165, 1.54) is 29.2 Å². The number of carbonyl (C=O) groups is 1. The van der Waals surface area contributed by atoms with E-state index in [1.54, 1.807) is 11.0 Å². The van der Waals surface area contributed by atoms with Gasteiger partial charge < -0.3 is 9.80 Å². The third-order valence-corrected chi connectivity index (χ3v) is 5.49. The summed E-state index contributed by atoms with van der Waals surface area (Å²) in [6.45, 7) is 7.82. The molecule has 1 saturated heterocycles. The Bertz CT molecular complexity index is 982. The van der Waals surface area contributed by atoms with Gasteiger partial charge in [0.05, 0.1) is 21.9 Å². The van der Waals surface area contributed by atoms with Crippen LogP contribution in [0.1, 0.15) is 22.8 Å². The molecule has 0 spiro atoms. The van der Waals surface area contributed by atoms with Crippen molar-refractivity contribution in [2.75, 3.05) is 26.2 Å². The van der Waals surface area contributed by atoms with Gasteiger partial charge in [0, 0.05) is 31.2 Å². The first-order chi connectivity index (χ1) is 15.1. The smallest absolute Gasteiger partial charge is 0.367 e. The third-order valence-electron chi connectivity index (χ3n) is 4.94. The van der Waals surface area contributed by atoms with Crippen LogP contribution in [0, 0.1) is 5.82 Å². The van der Waals surface area contributed by atoms with Crippen molar-refractivity contribution in [3.05, 3.63) is 88.2 Å². The molecule has 0 N–H and O–H groups in total. The Balaban J connectivity index is 0.00000176. The molecular formula is C23H22Cl2F4N2O. The molecule has 1 heterocycles. The fourth-order valence-electron chi connectivity index (χ4n) is 3.34. The molecule has 0 atom stereocenters. The van der Waals surface area contributed by atoms with Gasteiger partial charge in [-0.2, -0.15) is 13.2 Å². The normalized spacial score (nSPS) is 15.0. The average molecular weight is 489 g/mol. The largest absolute Gasteiger partial charge is 0.414 e. The quantitative estimate of drug-likeness (QED) is 0.355. The van der Waals surface area contributed by atoms with Crippen molar-refractivity contribution in [2.24, 2.45) is 0 Å². The monoisotopic (exact) mass is 488 g/mol. The molecule has 3 nitrogen and oxygen atoms in total. The van der Waals surface area contributed by atoms with Gasteiger partial charge in [-0.15, -0.1) is 13.2 Å². The zero-order chi connectivity index (χ0) is 24.1. The van der Waals surface area contributed by atoms with Crippen LogP contribution in [-0.4, -0.2) is 48.1 Å². The number of allylic oxidation sites excluding steroid dienone is 1. The van der Waals surface area contributed by atoms with Crippen molar-refractivity contribution < 1.29 is 22.4 Å². The van der Waals surface area contributed by atoms with E-state index in [2.05, 4.69) is 13.2 Å². The van der Waals surface area contributed by atoms with Crippen molar-refractivity contribution >= 4 is 34.8 Å². The molecule has 172 valence electrons. The summed E-state index contributed by atoms with van der Waals surface area (Å²) in [5, 5.41) is 0.618. The Morgan fingerprint density at radius 2 is 1.47 bits per heavy atom. The summed E-state index contributed by atoms with van der Waals surface area (Å²) in [4.78, 5) is 15.9. The van der Waals surface area contributed by atoms with Gasteiger partial charge in [-0.05, 0) is 55.0 Å². The second-order valence-electron chi connectivity index (χ2n) is 6.88. The van der Waals surface area contributed by atoms with Gasteiger partial charge in [0.25, 0.3) is 5.91 Å². The molecule has 0 bridgehead atoms. The van der Waals surface area contributed by atoms with Gasteiger partial charge in [0.2, 0.25) is 0 Å². The Morgan fingerprint density at radius 1 is 0.938 bits per heavy atom. The van der Waals surface area contributed by atoms with Gasteiger partial charge in [0.1, 0.15) is 5.82 Å². The lowest BCUT2D eigenvalue weighted by molar-refractivity contribution is -0.0916. The van der Waals surface area contributed by atoms with Crippen LogP contribution in [0.15, 0.2) is 61.2 Å². The number of halogens is 6. The van der Waals surface area contributed by atoms with E-state index in [4.69, 9.17) is 23.2 Å². The zero-order valence-electron chi connectivity index (χ0n) is 17.4. The predicted octanol–water partition coefficient (Wildman–Crippen LogP) is 6.69. The van der Waals surface area contributed by atoms with Crippen LogP contribution in [0.5, 0.6) is 0 Å². The highest BCUT2D eigenvalue weighted by atomic mass is 35.5. The van der Waals surface area contributed by atoms with E-state index in [0.29, 0.717) is 5.02 Å². The highest BCUT2D eigenvalue weighted by Crippen LogP contribution is 2.35. The molecule has 1 aliphatic heterocycles. The minimum absolute atomic E-state index is 0.0147. The molecule has 0 radical (unpaired) electrons. The zero-order valence-corrected chi connectivity index (χ0v) is 18.9. The number of rotatable bonds is 3. The first kappa shape index (κ1) is 25.7. The second kappa shape index (κ2) is 10.9. The molecular weight excluding hydrogens is 467 g/mol. The third kappa shape index (κ3) is 6.04. The number of hydrogen-bond donors (Lipinski definition) is 0. The molecule has 0 aliphatic carbocycles. The van der Waals surface area contributed by atoms with Crippen LogP contribution in [0.2, 0.25) is 10.0 Å². The van der Waals surface area contributed by atoms with Gasteiger partial charge in [0.15, 0.2) is 0 Å². The van der Waals surface area contributed by atoms with E-state index in [1.807, 2.05) is 0 Å². The van der Waals surface area contributed by atoms with Crippen LogP contribution in [0.3, 0.4) is 0 Å². The van der Waals surface area contributed by atoms with Gasteiger partial charge in [-0.3, -0.25) is 4.79 Å². The van der Waals surface area contributed by atoms with Gasteiger partial charge in [-0.1, -0.05) is 23.2 Å². The molecule has 9 heteroatoms. The first-order valence-electron chi connectivity index (χ1n) is 9.61. The lowest BCUT2D eigenvalue weighted by Crippen LogP contribution is -2.48. The number of alkyl halides is 3. The first-order valence-corrected chi connectivity index (χ1v) is 10.4. The summed E-state index contributed by atoms with van der Waals surface area (Å²) >= 11 is 12.0. The van der Waals surface area contributed by atoms with Crippen molar-refractivity contribution in [1.29, 1.82) is 0 Å². The fourth-order valence-corrected chi connectivity index (χ4v) is 3.83. The molecule has 1 amide bonds. The lowest BCUT2D eigenvalue weighted by atomic mass is 10.0. The maximum Gasteiger partial charge on any atom is 0.414 e. The Morgan fingerprint density at radius 3 is 1.97 bits per heavy atom. The Labute approximate surface area is 194 Å². The fraction of sp³-hybridized carbons (Fsp3) is 0.261. The molecule has 1 aliphatic rings. The maximum atomic E-state index is 13.5. The van der Waals surface area contributed by atoms with Crippen LogP contribution < -0.4 is 0 Å². The van der Waals surface area contributed by atoms with Crippen molar-refractivity contribution in [3.8, 4) is 0 Å².